The van der Waals surface area contributed by atoms with Crippen molar-refractivity contribution < 1.29 is 14.6 Å². The number of aliphatic carboxylic acids is 1. The van der Waals surface area contributed by atoms with Gasteiger partial charge in [0, 0.05) is 11.5 Å². The lowest BCUT2D eigenvalue weighted by Crippen LogP contribution is -2.48. The van der Waals surface area contributed by atoms with Crippen LogP contribution in [0.25, 0.3) is 0 Å². The maximum Gasteiger partial charge on any atom is 0.323 e. The van der Waals surface area contributed by atoms with Gasteiger partial charge in [-0.2, -0.15) is 0 Å². The smallest absolute Gasteiger partial charge is 0.323 e. The molecule has 2 heterocycles. The van der Waals surface area contributed by atoms with Crippen LogP contribution in [0.15, 0.2) is 24.3 Å². The highest BCUT2D eigenvalue weighted by Crippen LogP contribution is 2.40. The molecule has 1 fully saturated rings. The van der Waals surface area contributed by atoms with Crippen molar-refractivity contribution in [1.82, 2.24) is 5.32 Å². The van der Waals surface area contributed by atoms with E-state index in [4.69, 9.17) is 4.74 Å². The SMILES string of the molecule is O=C(O)C1(CC2COc3ccccc32)CCCN1. The lowest BCUT2D eigenvalue weighted by atomic mass is 9.83. The summed E-state index contributed by atoms with van der Waals surface area (Å²) in [7, 11) is 0. The summed E-state index contributed by atoms with van der Waals surface area (Å²) in [4.78, 5) is 11.5. The minimum atomic E-state index is -0.758. The summed E-state index contributed by atoms with van der Waals surface area (Å²) in [6.07, 6.45) is 2.25. The first kappa shape index (κ1) is 11.5. The molecule has 4 nitrogen and oxygen atoms in total. The summed E-state index contributed by atoms with van der Waals surface area (Å²) in [5.41, 5.74) is 0.387. The normalized spacial score (nSPS) is 29.9. The third kappa shape index (κ3) is 1.77. The van der Waals surface area contributed by atoms with E-state index in [0.717, 1.165) is 24.3 Å². The predicted octanol–water partition coefficient (Wildman–Crippen LogP) is 1.76. The maximum atomic E-state index is 11.5. The minimum absolute atomic E-state index is 0.183. The Morgan fingerprint density at radius 1 is 1.50 bits per heavy atom. The molecule has 18 heavy (non-hydrogen) atoms. The Morgan fingerprint density at radius 2 is 2.33 bits per heavy atom. The molecule has 4 heteroatoms. The first-order valence-corrected chi connectivity index (χ1v) is 6.41. The maximum absolute atomic E-state index is 11.5. The van der Waals surface area contributed by atoms with Crippen LogP contribution in [0.5, 0.6) is 5.75 Å². The molecule has 1 aromatic carbocycles. The van der Waals surface area contributed by atoms with E-state index in [9.17, 15) is 9.90 Å². The van der Waals surface area contributed by atoms with Gasteiger partial charge in [-0.05, 0) is 31.9 Å². The molecule has 1 aromatic rings. The van der Waals surface area contributed by atoms with Crippen LogP contribution in [-0.2, 0) is 4.79 Å². The fourth-order valence-corrected chi connectivity index (χ4v) is 3.07. The van der Waals surface area contributed by atoms with Crippen molar-refractivity contribution in [1.29, 1.82) is 0 Å². The van der Waals surface area contributed by atoms with Gasteiger partial charge >= 0.3 is 5.97 Å². The first-order valence-electron chi connectivity index (χ1n) is 6.41. The highest BCUT2D eigenvalue weighted by molar-refractivity contribution is 5.79. The third-order valence-corrected chi connectivity index (χ3v) is 4.05. The van der Waals surface area contributed by atoms with Crippen LogP contribution in [0.2, 0.25) is 0 Å². The van der Waals surface area contributed by atoms with Crippen LogP contribution in [0.3, 0.4) is 0 Å². The zero-order chi connectivity index (χ0) is 12.6. The molecule has 0 aromatic heterocycles. The van der Waals surface area contributed by atoms with Crippen LogP contribution in [0.4, 0.5) is 0 Å². The number of carboxylic acid groups (broad SMARTS) is 1. The van der Waals surface area contributed by atoms with Crippen molar-refractivity contribution in [2.45, 2.75) is 30.7 Å². The quantitative estimate of drug-likeness (QED) is 0.854. The van der Waals surface area contributed by atoms with Crippen molar-refractivity contribution in [3.05, 3.63) is 29.8 Å². The molecule has 2 aliphatic heterocycles. The van der Waals surface area contributed by atoms with Gasteiger partial charge in [-0.15, -0.1) is 0 Å². The number of carbonyl (C=O) groups is 1. The number of benzene rings is 1. The lowest BCUT2D eigenvalue weighted by Gasteiger charge is -2.27. The van der Waals surface area contributed by atoms with E-state index in [2.05, 4.69) is 5.32 Å². The van der Waals surface area contributed by atoms with Crippen molar-refractivity contribution >= 4 is 5.97 Å². The fraction of sp³-hybridized carbons (Fsp3) is 0.500. The predicted molar refractivity (Wildman–Crippen MR) is 66.9 cm³/mol. The second-order valence-electron chi connectivity index (χ2n) is 5.17. The molecule has 0 spiro atoms. The molecule has 0 aliphatic carbocycles. The van der Waals surface area contributed by atoms with Crippen molar-refractivity contribution in [3.63, 3.8) is 0 Å². The summed E-state index contributed by atoms with van der Waals surface area (Å²) >= 11 is 0. The topological polar surface area (TPSA) is 58.6 Å². The zero-order valence-electron chi connectivity index (χ0n) is 10.2. The van der Waals surface area contributed by atoms with Gasteiger partial charge < -0.3 is 15.2 Å². The van der Waals surface area contributed by atoms with E-state index in [0.29, 0.717) is 19.4 Å². The van der Waals surface area contributed by atoms with E-state index in [1.807, 2.05) is 24.3 Å². The molecule has 3 rings (SSSR count). The van der Waals surface area contributed by atoms with Gasteiger partial charge in [0.15, 0.2) is 0 Å². The summed E-state index contributed by atoms with van der Waals surface area (Å²) in [5.74, 6) is 0.355. The Morgan fingerprint density at radius 3 is 3.06 bits per heavy atom. The molecule has 0 radical (unpaired) electrons. The standard InChI is InChI=1S/C14H17NO3/c16-13(17)14(6-3-7-15-14)8-10-9-18-12-5-2-1-4-11(10)12/h1-2,4-5,10,15H,3,6-9H2,(H,16,17). The summed E-state index contributed by atoms with van der Waals surface area (Å²) in [6.45, 7) is 1.39. The molecule has 0 saturated carbocycles. The number of fused-ring (bicyclic) bond motifs is 1. The molecule has 2 unspecified atom stereocenters. The third-order valence-electron chi connectivity index (χ3n) is 4.05. The highest BCUT2D eigenvalue weighted by atomic mass is 16.5. The fourth-order valence-electron chi connectivity index (χ4n) is 3.07. The van der Waals surface area contributed by atoms with Gasteiger partial charge in [0.05, 0.1) is 6.61 Å². The molecule has 2 aliphatic rings. The number of carboxylic acids is 1. The molecular weight excluding hydrogens is 230 g/mol. The average molecular weight is 247 g/mol. The van der Waals surface area contributed by atoms with Crippen LogP contribution in [0.1, 0.15) is 30.7 Å². The Kier molecular flexibility index (Phi) is 2.74. The average Bonchev–Trinajstić information content (AvgIpc) is 2.99. The summed E-state index contributed by atoms with van der Waals surface area (Å²) < 4.78 is 5.63. The van der Waals surface area contributed by atoms with E-state index in [-0.39, 0.29) is 5.92 Å². The number of hydrogen-bond acceptors (Lipinski definition) is 3. The van der Waals surface area contributed by atoms with Gasteiger partial charge in [0.1, 0.15) is 11.3 Å². The van der Waals surface area contributed by atoms with E-state index >= 15 is 0 Å². The van der Waals surface area contributed by atoms with E-state index < -0.39 is 11.5 Å². The lowest BCUT2D eigenvalue weighted by molar-refractivity contribution is -0.144. The van der Waals surface area contributed by atoms with Crippen LogP contribution in [-0.4, -0.2) is 29.8 Å². The van der Waals surface area contributed by atoms with Gasteiger partial charge in [0.2, 0.25) is 0 Å². The molecule has 0 amide bonds. The largest absolute Gasteiger partial charge is 0.493 e. The monoisotopic (exact) mass is 247 g/mol. The number of rotatable bonds is 3. The number of ether oxygens (including phenoxy) is 1. The number of para-hydroxylation sites is 1. The highest BCUT2D eigenvalue weighted by Gasteiger charge is 2.44. The Bertz CT molecular complexity index is 466. The van der Waals surface area contributed by atoms with E-state index in [1.54, 1.807) is 0 Å². The summed E-state index contributed by atoms with van der Waals surface area (Å²) in [5, 5.41) is 12.6. The number of nitrogens with one attached hydrogen (secondary N) is 1. The molecule has 2 atom stereocenters. The van der Waals surface area contributed by atoms with Gasteiger partial charge in [0.25, 0.3) is 0 Å². The molecule has 2 N–H and O–H groups in total. The van der Waals surface area contributed by atoms with Gasteiger partial charge in [-0.3, -0.25) is 4.79 Å². The Labute approximate surface area is 106 Å². The van der Waals surface area contributed by atoms with Crippen molar-refractivity contribution in [2.24, 2.45) is 0 Å². The van der Waals surface area contributed by atoms with Gasteiger partial charge in [-0.1, -0.05) is 18.2 Å². The van der Waals surface area contributed by atoms with Crippen LogP contribution < -0.4 is 10.1 Å². The second kappa shape index (κ2) is 4.28. The van der Waals surface area contributed by atoms with Crippen molar-refractivity contribution in [3.8, 4) is 5.75 Å². The molecule has 1 saturated heterocycles. The van der Waals surface area contributed by atoms with Gasteiger partial charge in [-0.25, -0.2) is 0 Å². The molecule has 0 bridgehead atoms. The van der Waals surface area contributed by atoms with Crippen molar-refractivity contribution in [2.75, 3.05) is 13.2 Å². The molecule has 96 valence electrons. The summed E-state index contributed by atoms with van der Waals surface area (Å²) in [6, 6.07) is 7.92. The Hall–Kier alpha value is -1.55. The molecular formula is C14H17NO3. The van der Waals surface area contributed by atoms with Crippen LogP contribution in [0, 0.1) is 0 Å². The Balaban J connectivity index is 1.83. The van der Waals surface area contributed by atoms with Crippen LogP contribution >= 0.6 is 0 Å². The number of hydrogen-bond donors (Lipinski definition) is 2. The van der Waals surface area contributed by atoms with E-state index in [1.165, 1.54) is 0 Å². The zero-order valence-corrected chi connectivity index (χ0v) is 10.2. The minimum Gasteiger partial charge on any atom is -0.493 e. The first-order chi connectivity index (χ1) is 8.71. The second-order valence-corrected chi connectivity index (χ2v) is 5.17.